The molecule has 0 radical (unpaired) electrons. The Bertz CT molecular complexity index is 666. The Balaban J connectivity index is 2.27. The first-order valence-electron chi connectivity index (χ1n) is 6.36. The maximum absolute atomic E-state index is 12.4. The Labute approximate surface area is 131 Å². The van der Waals surface area contributed by atoms with Crippen LogP contribution in [0.1, 0.15) is 20.7 Å². The van der Waals surface area contributed by atoms with Gasteiger partial charge in [-0.2, -0.15) is 0 Å². The number of nitrogens with zero attached hydrogens (tertiary/aromatic N) is 1. The van der Waals surface area contributed by atoms with Crippen LogP contribution in [0.15, 0.2) is 53.0 Å². The van der Waals surface area contributed by atoms with E-state index in [1.165, 1.54) is 4.90 Å². The summed E-state index contributed by atoms with van der Waals surface area (Å²) in [5, 5.41) is 2.79. The van der Waals surface area contributed by atoms with E-state index in [2.05, 4.69) is 21.2 Å². The topological polar surface area (TPSA) is 49.4 Å². The highest BCUT2D eigenvalue weighted by atomic mass is 79.9. The molecule has 0 bridgehead atoms. The molecule has 0 atom stereocenters. The van der Waals surface area contributed by atoms with Crippen molar-refractivity contribution < 1.29 is 9.59 Å². The van der Waals surface area contributed by atoms with Gasteiger partial charge >= 0.3 is 0 Å². The smallest absolute Gasteiger partial charge is 0.256 e. The molecule has 1 N–H and O–H groups in total. The van der Waals surface area contributed by atoms with E-state index >= 15 is 0 Å². The van der Waals surface area contributed by atoms with Crippen LogP contribution >= 0.6 is 15.9 Å². The molecular formula is C16H15BrN2O2. The van der Waals surface area contributed by atoms with Crippen molar-refractivity contribution in [2.45, 2.75) is 0 Å². The van der Waals surface area contributed by atoms with Gasteiger partial charge < -0.3 is 10.2 Å². The monoisotopic (exact) mass is 346 g/mol. The van der Waals surface area contributed by atoms with E-state index in [1.54, 1.807) is 50.5 Å². The number of amides is 2. The third-order valence-electron chi connectivity index (χ3n) is 2.91. The molecule has 0 saturated heterocycles. The van der Waals surface area contributed by atoms with Gasteiger partial charge in [0.1, 0.15) is 0 Å². The van der Waals surface area contributed by atoms with Gasteiger partial charge in [-0.1, -0.05) is 28.1 Å². The van der Waals surface area contributed by atoms with Crippen LogP contribution in [0.3, 0.4) is 0 Å². The summed E-state index contributed by atoms with van der Waals surface area (Å²) in [6, 6.07) is 14.0. The summed E-state index contributed by atoms with van der Waals surface area (Å²) < 4.78 is 0.934. The predicted molar refractivity (Wildman–Crippen MR) is 86.6 cm³/mol. The van der Waals surface area contributed by atoms with Gasteiger partial charge in [0.25, 0.3) is 11.8 Å². The molecule has 0 saturated carbocycles. The predicted octanol–water partition coefficient (Wildman–Crippen LogP) is 3.40. The number of hydrogen-bond donors (Lipinski definition) is 1. The van der Waals surface area contributed by atoms with Crippen molar-refractivity contribution in [3.63, 3.8) is 0 Å². The van der Waals surface area contributed by atoms with Gasteiger partial charge in [0.15, 0.2) is 0 Å². The zero-order valence-electron chi connectivity index (χ0n) is 11.8. The number of nitrogens with one attached hydrogen (secondary N) is 1. The van der Waals surface area contributed by atoms with E-state index in [4.69, 9.17) is 0 Å². The largest absolute Gasteiger partial charge is 0.345 e. The number of anilines is 1. The fourth-order valence-electron chi connectivity index (χ4n) is 1.84. The minimum absolute atomic E-state index is 0.198. The molecule has 0 aromatic heterocycles. The number of benzene rings is 2. The summed E-state index contributed by atoms with van der Waals surface area (Å²) in [5.74, 6) is -0.500. The molecule has 0 aliphatic rings. The fraction of sp³-hybridized carbons (Fsp3) is 0.125. The lowest BCUT2D eigenvalue weighted by Gasteiger charge is -2.14. The second-order valence-electron chi connectivity index (χ2n) is 4.71. The van der Waals surface area contributed by atoms with E-state index in [0.29, 0.717) is 16.8 Å². The van der Waals surface area contributed by atoms with Crippen molar-refractivity contribution in [1.29, 1.82) is 0 Å². The van der Waals surface area contributed by atoms with Crippen molar-refractivity contribution >= 4 is 33.4 Å². The van der Waals surface area contributed by atoms with Crippen molar-refractivity contribution in [3.05, 3.63) is 64.1 Å². The van der Waals surface area contributed by atoms with Crippen molar-refractivity contribution in [3.8, 4) is 0 Å². The van der Waals surface area contributed by atoms with E-state index in [0.717, 1.165) is 4.47 Å². The van der Waals surface area contributed by atoms with Crippen LogP contribution in [0, 0.1) is 0 Å². The highest BCUT2D eigenvalue weighted by Gasteiger charge is 2.17. The average Bonchev–Trinajstić information content (AvgIpc) is 2.48. The first kappa shape index (κ1) is 15.3. The SMILES string of the molecule is CN(C)C(=O)c1ccccc1C(=O)Nc1ccc(Br)cc1. The summed E-state index contributed by atoms with van der Waals surface area (Å²) >= 11 is 3.34. The molecule has 2 aromatic rings. The highest BCUT2D eigenvalue weighted by Crippen LogP contribution is 2.17. The molecule has 0 aliphatic carbocycles. The molecule has 2 amide bonds. The van der Waals surface area contributed by atoms with Gasteiger partial charge in [0.2, 0.25) is 0 Å². The maximum Gasteiger partial charge on any atom is 0.256 e. The molecule has 21 heavy (non-hydrogen) atoms. The van der Waals surface area contributed by atoms with E-state index < -0.39 is 0 Å². The van der Waals surface area contributed by atoms with Gasteiger partial charge in [0.05, 0.1) is 11.1 Å². The Morgan fingerprint density at radius 3 is 2.10 bits per heavy atom. The van der Waals surface area contributed by atoms with Gasteiger partial charge in [-0.25, -0.2) is 0 Å². The second kappa shape index (κ2) is 6.54. The minimum atomic E-state index is -0.303. The lowest BCUT2D eigenvalue weighted by atomic mass is 10.1. The van der Waals surface area contributed by atoms with E-state index in [1.807, 2.05) is 12.1 Å². The van der Waals surface area contributed by atoms with Crippen LogP contribution in [0.25, 0.3) is 0 Å². The first-order chi connectivity index (χ1) is 9.99. The molecule has 2 rings (SSSR count). The molecule has 0 spiro atoms. The maximum atomic E-state index is 12.4. The van der Waals surface area contributed by atoms with Gasteiger partial charge in [-0.05, 0) is 36.4 Å². The van der Waals surface area contributed by atoms with Crippen LogP contribution in [0.4, 0.5) is 5.69 Å². The number of halogens is 1. The zero-order valence-corrected chi connectivity index (χ0v) is 13.3. The lowest BCUT2D eigenvalue weighted by molar-refractivity contribution is 0.0821. The Kier molecular flexibility index (Phi) is 4.75. The summed E-state index contributed by atoms with van der Waals surface area (Å²) in [7, 11) is 3.32. The van der Waals surface area contributed by atoms with Crippen LogP contribution in [-0.2, 0) is 0 Å². The summed E-state index contributed by atoms with van der Waals surface area (Å²) in [6.45, 7) is 0. The standard InChI is InChI=1S/C16H15BrN2O2/c1-19(2)16(21)14-6-4-3-5-13(14)15(20)18-12-9-7-11(17)8-10-12/h3-10H,1-2H3,(H,18,20). The van der Waals surface area contributed by atoms with Gasteiger partial charge in [-0.15, -0.1) is 0 Å². The average molecular weight is 347 g/mol. The molecule has 0 heterocycles. The fourth-order valence-corrected chi connectivity index (χ4v) is 2.10. The van der Waals surface area contributed by atoms with Crippen molar-refractivity contribution in [2.75, 3.05) is 19.4 Å². The molecule has 0 aliphatic heterocycles. The van der Waals surface area contributed by atoms with Crippen molar-refractivity contribution in [2.24, 2.45) is 0 Å². The number of carbonyl (C=O) groups excluding carboxylic acids is 2. The molecule has 0 unspecified atom stereocenters. The quantitative estimate of drug-likeness (QED) is 0.925. The summed E-state index contributed by atoms with van der Waals surface area (Å²) in [6.07, 6.45) is 0. The van der Waals surface area contributed by atoms with Gasteiger partial charge in [-0.3, -0.25) is 9.59 Å². The Hall–Kier alpha value is -2.14. The number of carbonyl (C=O) groups is 2. The zero-order chi connectivity index (χ0) is 15.4. The Morgan fingerprint density at radius 1 is 0.952 bits per heavy atom. The van der Waals surface area contributed by atoms with Crippen LogP contribution < -0.4 is 5.32 Å². The van der Waals surface area contributed by atoms with Crippen molar-refractivity contribution in [1.82, 2.24) is 4.90 Å². The third-order valence-corrected chi connectivity index (χ3v) is 3.44. The first-order valence-corrected chi connectivity index (χ1v) is 7.16. The molecule has 2 aromatic carbocycles. The molecule has 0 fully saturated rings. The number of hydrogen-bond acceptors (Lipinski definition) is 2. The highest BCUT2D eigenvalue weighted by molar-refractivity contribution is 9.10. The molecule has 108 valence electrons. The van der Waals surface area contributed by atoms with E-state index in [-0.39, 0.29) is 11.8 Å². The summed E-state index contributed by atoms with van der Waals surface area (Å²) in [5.41, 5.74) is 1.42. The summed E-state index contributed by atoms with van der Waals surface area (Å²) in [4.78, 5) is 25.9. The number of rotatable bonds is 3. The second-order valence-corrected chi connectivity index (χ2v) is 5.62. The molecular weight excluding hydrogens is 332 g/mol. The van der Waals surface area contributed by atoms with Crippen LogP contribution in [0.2, 0.25) is 0 Å². The third kappa shape index (κ3) is 3.70. The van der Waals surface area contributed by atoms with Gasteiger partial charge in [0, 0.05) is 24.3 Å². The minimum Gasteiger partial charge on any atom is -0.345 e. The Morgan fingerprint density at radius 2 is 1.52 bits per heavy atom. The normalized spacial score (nSPS) is 10.0. The van der Waals surface area contributed by atoms with E-state index in [9.17, 15) is 9.59 Å². The molecule has 4 nitrogen and oxygen atoms in total. The molecule has 5 heteroatoms. The van der Waals surface area contributed by atoms with Crippen LogP contribution in [0.5, 0.6) is 0 Å². The van der Waals surface area contributed by atoms with Crippen LogP contribution in [-0.4, -0.2) is 30.8 Å². The lowest BCUT2D eigenvalue weighted by Crippen LogP contribution is -2.25.